The number of rotatable bonds is 11. The maximum atomic E-state index is 14.0. The topological polar surface area (TPSA) is 108 Å². The summed E-state index contributed by atoms with van der Waals surface area (Å²) >= 11 is 0. The summed E-state index contributed by atoms with van der Waals surface area (Å²) in [5, 5.41) is 10.3. The van der Waals surface area contributed by atoms with Gasteiger partial charge in [0.15, 0.2) is 0 Å². The smallest absolute Gasteiger partial charge is 0.326 e. The summed E-state index contributed by atoms with van der Waals surface area (Å²) in [5.41, 5.74) is 2.40. The molecule has 210 valence electrons. The molecule has 1 amide bonds. The zero-order valence-corrected chi connectivity index (χ0v) is 23.8. The lowest BCUT2D eigenvalue weighted by Gasteiger charge is -2.26. The van der Waals surface area contributed by atoms with Gasteiger partial charge in [0.25, 0.3) is 10.0 Å². The second kappa shape index (κ2) is 13.1. The van der Waals surface area contributed by atoms with Crippen molar-refractivity contribution in [1.29, 1.82) is 5.26 Å². The van der Waals surface area contributed by atoms with Crippen LogP contribution in [0, 0.1) is 11.3 Å². The van der Waals surface area contributed by atoms with Crippen LogP contribution in [-0.4, -0.2) is 40.0 Å². The van der Waals surface area contributed by atoms with Crippen LogP contribution in [0.25, 0.3) is 10.8 Å². The van der Waals surface area contributed by atoms with E-state index in [2.05, 4.69) is 6.07 Å². The van der Waals surface area contributed by atoms with Gasteiger partial charge in [0.1, 0.15) is 6.54 Å². The first kappa shape index (κ1) is 29.3. The van der Waals surface area contributed by atoms with E-state index in [-0.39, 0.29) is 29.5 Å². The zero-order chi connectivity index (χ0) is 29.4. The Kier molecular flexibility index (Phi) is 9.37. The number of carbonyl (C=O) groups excluding carboxylic acids is 2. The molecule has 0 aliphatic rings. The molecule has 4 aromatic rings. The van der Waals surface area contributed by atoms with Gasteiger partial charge in [0.2, 0.25) is 5.91 Å². The number of aryl methyl sites for hydroxylation is 1. The Hall–Kier alpha value is -4.68. The van der Waals surface area contributed by atoms with Crippen molar-refractivity contribution >= 4 is 44.0 Å². The molecule has 0 unspecified atom stereocenters. The SMILES string of the molecule is CCOC(=O)CN(c1ccc(N(CC)C(=O)CCc2ccc(C#N)cc2)cc1)S(=O)(=O)c1cccc2ccccc12. The average Bonchev–Trinajstić information content (AvgIpc) is 2.99. The highest BCUT2D eigenvalue weighted by molar-refractivity contribution is 7.93. The van der Waals surface area contributed by atoms with Crippen LogP contribution in [-0.2, 0) is 30.8 Å². The van der Waals surface area contributed by atoms with Crippen molar-refractivity contribution in [1.82, 2.24) is 0 Å². The second-order valence-corrected chi connectivity index (χ2v) is 11.1. The molecule has 4 aromatic carbocycles. The van der Waals surface area contributed by atoms with Crippen LogP contribution < -0.4 is 9.21 Å². The summed E-state index contributed by atoms with van der Waals surface area (Å²) in [4.78, 5) is 27.3. The van der Waals surface area contributed by atoms with Gasteiger partial charge >= 0.3 is 5.97 Å². The quantitative estimate of drug-likeness (QED) is 0.222. The lowest BCUT2D eigenvalue weighted by Crippen LogP contribution is -2.37. The summed E-state index contributed by atoms with van der Waals surface area (Å²) in [7, 11) is -4.16. The zero-order valence-electron chi connectivity index (χ0n) is 23.0. The van der Waals surface area contributed by atoms with E-state index in [1.165, 1.54) is 6.07 Å². The number of nitrogens with zero attached hydrogens (tertiary/aromatic N) is 3. The highest BCUT2D eigenvalue weighted by Gasteiger charge is 2.29. The molecule has 0 fully saturated rings. The van der Waals surface area contributed by atoms with Gasteiger partial charge in [-0.2, -0.15) is 5.26 Å². The van der Waals surface area contributed by atoms with Crippen molar-refractivity contribution < 1.29 is 22.7 Å². The van der Waals surface area contributed by atoms with E-state index >= 15 is 0 Å². The van der Waals surface area contributed by atoms with Gasteiger partial charge in [-0.3, -0.25) is 13.9 Å². The maximum absolute atomic E-state index is 14.0. The standard InChI is InChI=1S/C32H31N3O5S/c1-3-34(31(36)21-16-24-12-14-25(22-33)15-13-24)27-17-19-28(20-18-27)35(23-32(37)40-4-2)41(38,39)30-11-7-9-26-8-5-6-10-29(26)30/h5-15,17-20H,3-4,16,21,23H2,1-2H3. The molecule has 0 spiro atoms. The Morgan fingerprint density at radius 3 is 2.17 bits per heavy atom. The van der Waals surface area contributed by atoms with Gasteiger partial charge in [-0.1, -0.05) is 48.5 Å². The third-order valence-corrected chi connectivity index (χ3v) is 8.50. The molecule has 8 nitrogen and oxygen atoms in total. The number of hydrogen-bond acceptors (Lipinski definition) is 6. The van der Waals surface area contributed by atoms with E-state index in [1.807, 2.05) is 37.3 Å². The van der Waals surface area contributed by atoms with E-state index in [9.17, 15) is 18.0 Å². The molecule has 0 aliphatic heterocycles. The number of fused-ring (bicyclic) bond motifs is 1. The Morgan fingerprint density at radius 1 is 0.854 bits per heavy atom. The minimum atomic E-state index is -4.16. The maximum Gasteiger partial charge on any atom is 0.326 e. The molecule has 0 atom stereocenters. The lowest BCUT2D eigenvalue weighted by molar-refractivity contribution is -0.141. The van der Waals surface area contributed by atoms with Gasteiger partial charge < -0.3 is 9.64 Å². The highest BCUT2D eigenvalue weighted by Crippen LogP contribution is 2.30. The Bertz CT molecular complexity index is 1670. The summed E-state index contributed by atoms with van der Waals surface area (Å²) in [5.74, 6) is -0.759. The number of esters is 1. The van der Waals surface area contributed by atoms with E-state index < -0.39 is 22.5 Å². The summed E-state index contributed by atoms with van der Waals surface area (Å²) in [6.45, 7) is 3.57. The Balaban J connectivity index is 1.60. The molecule has 0 bridgehead atoms. The number of benzene rings is 4. The normalized spacial score (nSPS) is 11.0. The first-order valence-corrected chi connectivity index (χ1v) is 14.8. The van der Waals surface area contributed by atoms with Crippen molar-refractivity contribution in [2.45, 2.75) is 31.6 Å². The van der Waals surface area contributed by atoms with Crippen molar-refractivity contribution in [2.75, 3.05) is 28.9 Å². The van der Waals surface area contributed by atoms with Crippen molar-refractivity contribution in [2.24, 2.45) is 0 Å². The predicted octanol–water partition coefficient (Wildman–Crippen LogP) is 5.46. The second-order valence-electron chi connectivity index (χ2n) is 9.26. The molecule has 0 aliphatic carbocycles. The predicted molar refractivity (Wildman–Crippen MR) is 159 cm³/mol. The van der Waals surface area contributed by atoms with Gasteiger partial charge in [0.05, 0.1) is 28.8 Å². The number of anilines is 2. The molecule has 0 heterocycles. The molecular weight excluding hydrogens is 538 g/mol. The third-order valence-electron chi connectivity index (χ3n) is 6.67. The molecule has 0 saturated carbocycles. The Morgan fingerprint density at radius 2 is 1.51 bits per heavy atom. The van der Waals surface area contributed by atoms with E-state index in [0.29, 0.717) is 29.6 Å². The van der Waals surface area contributed by atoms with Crippen LogP contribution >= 0.6 is 0 Å². The van der Waals surface area contributed by atoms with Gasteiger partial charge in [-0.05, 0) is 73.7 Å². The van der Waals surface area contributed by atoms with Crippen LogP contribution in [0.1, 0.15) is 31.4 Å². The number of carbonyl (C=O) groups is 2. The van der Waals surface area contributed by atoms with Crippen molar-refractivity contribution in [3.63, 3.8) is 0 Å². The first-order valence-electron chi connectivity index (χ1n) is 13.3. The minimum Gasteiger partial charge on any atom is -0.465 e. The van der Waals surface area contributed by atoms with Crippen molar-refractivity contribution in [3.05, 3.63) is 102 Å². The fourth-order valence-electron chi connectivity index (χ4n) is 4.61. The molecule has 0 N–H and O–H groups in total. The van der Waals surface area contributed by atoms with Crippen molar-refractivity contribution in [3.8, 4) is 6.07 Å². The fraction of sp³-hybridized carbons (Fsp3) is 0.219. The molecule has 9 heteroatoms. The monoisotopic (exact) mass is 569 g/mol. The first-order chi connectivity index (χ1) is 19.8. The highest BCUT2D eigenvalue weighted by atomic mass is 32.2. The molecule has 0 aromatic heterocycles. The van der Waals surface area contributed by atoms with Crippen LogP contribution in [0.15, 0.2) is 95.9 Å². The fourth-order valence-corrected chi connectivity index (χ4v) is 6.24. The number of hydrogen-bond donors (Lipinski definition) is 0. The third kappa shape index (κ3) is 6.73. The molecule has 41 heavy (non-hydrogen) atoms. The molecule has 0 saturated heterocycles. The lowest BCUT2D eigenvalue weighted by atomic mass is 10.1. The minimum absolute atomic E-state index is 0.0807. The van der Waals surface area contributed by atoms with E-state index in [4.69, 9.17) is 10.00 Å². The molecule has 0 radical (unpaired) electrons. The molecule has 4 rings (SSSR count). The van der Waals surface area contributed by atoms with Gasteiger partial charge in [-0.15, -0.1) is 0 Å². The van der Waals surface area contributed by atoms with Gasteiger partial charge in [0, 0.05) is 24.0 Å². The Labute approximate surface area is 240 Å². The summed E-state index contributed by atoms with van der Waals surface area (Å²) in [6, 6.07) is 27.9. The van der Waals surface area contributed by atoms with E-state index in [0.717, 1.165) is 15.3 Å². The largest absolute Gasteiger partial charge is 0.465 e. The number of amides is 1. The van der Waals surface area contributed by atoms with Crippen LogP contribution in [0.2, 0.25) is 0 Å². The number of sulfonamides is 1. The average molecular weight is 570 g/mol. The number of nitriles is 1. The number of ether oxygens (including phenoxy) is 1. The van der Waals surface area contributed by atoms with Crippen LogP contribution in [0.5, 0.6) is 0 Å². The van der Waals surface area contributed by atoms with Gasteiger partial charge in [-0.25, -0.2) is 8.42 Å². The van der Waals surface area contributed by atoms with Crippen LogP contribution in [0.3, 0.4) is 0 Å². The summed E-state index contributed by atoms with van der Waals surface area (Å²) in [6.07, 6.45) is 0.793. The summed E-state index contributed by atoms with van der Waals surface area (Å²) < 4.78 is 34.1. The van der Waals surface area contributed by atoms with Crippen LogP contribution in [0.4, 0.5) is 11.4 Å². The van der Waals surface area contributed by atoms with E-state index in [1.54, 1.807) is 66.4 Å². The molecular formula is C32H31N3O5S.